The summed E-state index contributed by atoms with van der Waals surface area (Å²) in [7, 11) is 0. The Morgan fingerprint density at radius 3 is 0.828 bits per heavy atom. The Morgan fingerprint density at radius 1 is 0.375 bits per heavy atom. The van der Waals surface area contributed by atoms with Gasteiger partial charge in [-0.2, -0.15) is 0 Å². The second kappa shape index (κ2) is 18.8. The third-order valence-electron chi connectivity index (χ3n) is 11.3. The molecule has 0 aliphatic carbocycles. The maximum Gasteiger partial charge on any atom is 0.267 e. The van der Waals surface area contributed by atoms with Crippen LogP contribution in [0.5, 0.6) is 0 Å². The highest BCUT2D eigenvalue weighted by Crippen LogP contribution is 2.39. The molecule has 0 saturated carbocycles. The number of rotatable bonds is 12. The molecule has 5 rings (SSSR count). The van der Waals surface area contributed by atoms with Gasteiger partial charge in [-0.05, 0) is 52.8 Å². The first-order valence-electron chi connectivity index (χ1n) is 19.9. The Balaban J connectivity index is 2.24. The van der Waals surface area contributed by atoms with Crippen molar-refractivity contribution >= 4 is 49.2 Å². The molecule has 0 heterocycles. The first-order valence-corrected chi connectivity index (χ1v) is 22.4. The molecule has 18 heteroatoms. The Kier molecular flexibility index (Phi) is 14.7. The van der Waals surface area contributed by atoms with E-state index in [0.29, 0.717) is 22.3 Å². The van der Waals surface area contributed by atoms with E-state index in [1.54, 1.807) is 79.7 Å². The number of hydrogen-bond acceptors (Lipinski definition) is 2. The van der Waals surface area contributed by atoms with Crippen LogP contribution in [0.4, 0.5) is 77.2 Å². The summed E-state index contributed by atoms with van der Waals surface area (Å²) >= 11 is -7.92. The van der Waals surface area contributed by atoms with Crippen LogP contribution in [-0.4, -0.2) is 24.5 Å². The van der Waals surface area contributed by atoms with Crippen LogP contribution in [0.1, 0.15) is 108 Å². The van der Waals surface area contributed by atoms with Crippen molar-refractivity contribution in [1.29, 1.82) is 0 Å². The lowest BCUT2D eigenvalue weighted by molar-refractivity contribution is 0.379. The molecule has 0 aliphatic rings. The Labute approximate surface area is 361 Å². The fraction of sp³-hybridized carbons (Fsp3) is 0.304. The highest BCUT2D eigenvalue weighted by Gasteiger charge is 2.52. The molecule has 0 atom stereocenters. The maximum absolute atomic E-state index is 16.6. The van der Waals surface area contributed by atoms with E-state index in [1.165, 1.54) is 12.1 Å². The van der Waals surface area contributed by atoms with Crippen molar-refractivity contribution in [2.24, 2.45) is 9.98 Å². The molecule has 5 aromatic carbocycles. The van der Waals surface area contributed by atoms with Gasteiger partial charge in [-0.3, -0.25) is 9.98 Å². The van der Waals surface area contributed by atoms with Gasteiger partial charge in [0.25, 0.3) is 13.1 Å². The van der Waals surface area contributed by atoms with Gasteiger partial charge in [-0.25, -0.2) is 65.9 Å². The zero-order valence-electron chi connectivity index (χ0n) is 35.6. The van der Waals surface area contributed by atoms with Crippen molar-refractivity contribution < 1.29 is 65.9 Å². The SMILES string of the molecule is CC(=Nc1c(C(C)C)cccc1C(C)C)C([CH2][Al-]([c]1c(F)c(F)c(F)c(F)c1F)([c]1c(F)c(F)c(F)c(F)c1F)[c]1c(F)c(F)c(F)c(F)c1F)=Nc1c(C(C)C)cccc1C(C)C. The minimum Gasteiger partial charge on any atom is -0.255 e. The first-order chi connectivity index (χ1) is 29.8. The van der Waals surface area contributed by atoms with Gasteiger partial charge >= 0.3 is 0 Å². The summed E-state index contributed by atoms with van der Waals surface area (Å²) in [6.45, 7) is 14.8. The molecule has 0 bridgehead atoms. The van der Waals surface area contributed by atoms with Gasteiger partial charge < -0.3 is 0 Å². The molecular formula is C46H39AlF15N2-. The molecule has 342 valence electrons. The molecule has 64 heavy (non-hydrogen) atoms. The van der Waals surface area contributed by atoms with E-state index >= 15 is 52.7 Å². The highest BCUT2D eigenvalue weighted by atomic mass is 27.2. The topological polar surface area (TPSA) is 24.7 Å². The van der Waals surface area contributed by atoms with E-state index in [2.05, 4.69) is 4.99 Å². The van der Waals surface area contributed by atoms with E-state index in [0.717, 1.165) is 6.92 Å². The molecule has 0 amide bonds. The second-order valence-corrected chi connectivity index (χ2v) is 20.9. The largest absolute Gasteiger partial charge is 0.267 e. The number of para-hydroxylation sites is 2. The van der Waals surface area contributed by atoms with Crippen LogP contribution in [0, 0.1) is 87.3 Å². The van der Waals surface area contributed by atoms with E-state index in [4.69, 9.17) is 4.99 Å². The lowest BCUT2D eigenvalue weighted by Crippen LogP contribution is -2.74. The predicted molar refractivity (Wildman–Crippen MR) is 217 cm³/mol. The van der Waals surface area contributed by atoms with Crippen LogP contribution in [0.25, 0.3) is 0 Å². The summed E-state index contributed by atoms with van der Waals surface area (Å²) < 4.78 is 229. The number of halogens is 15. The molecule has 0 aliphatic heterocycles. The summed E-state index contributed by atoms with van der Waals surface area (Å²) in [5, 5.41) is -2.00. The minimum absolute atomic E-state index is 0.0572. The average Bonchev–Trinajstić information content (AvgIpc) is 3.24. The molecule has 0 spiro atoms. The molecular weight excluding hydrogens is 892 g/mol. The van der Waals surface area contributed by atoms with Crippen LogP contribution in [-0.2, 0) is 0 Å². The van der Waals surface area contributed by atoms with Crippen molar-refractivity contribution in [3.05, 3.63) is 146 Å². The molecule has 2 nitrogen and oxygen atoms in total. The van der Waals surface area contributed by atoms with Crippen molar-refractivity contribution in [1.82, 2.24) is 0 Å². The standard InChI is InChI=1S/C28H39N2.3C6F5.Al/c1-17(2)23-13-11-14-24(18(3)4)27(23)29-21(9)22(10)30-28-25(19(5)6)15-12-16-26(28)20(7)8;3*7-2-1-3(8)5(10)6(11)4(2)9;/h11-20H,9H2,1-8,10H3;;;;/q;;;;-1. The minimum atomic E-state index is -7.92. The van der Waals surface area contributed by atoms with E-state index in [9.17, 15) is 13.2 Å². The number of aliphatic imine (C=N–C) groups is 2. The normalized spacial score (nSPS) is 12.9. The van der Waals surface area contributed by atoms with Gasteiger partial charge in [0, 0.05) is 5.71 Å². The van der Waals surface area contributed by atoms with Crippen LogP contribution >= 0.6 is 0 Å². The average molecular weight is 932 g/mol. The number of hydrogen-bond donors (Lipinski definition) is 0. The van der Waals surface area contributed by atoms with E-state index < -0.39 is 142 Å². The van der Waals surface area contributed by atoms with Gasteiger partial charge in [-0.1, -0.05) is 91.8 Å². The van der Waals surface area contributed by atoms with Crippen LogP contribution in [0.2, 0.25) is 5.28 Å². The fourth-order valence-corrected chi connectivity index (χ4v) is 13.9. The summed E-state index contributed by atoms with van der Waals surface area (Å²) in [5.74, 6) is -47.1. The van der Waals surface area contributed by atoms with Crippen LogP contribution in [0.3, 0.4) is 0 Å². The first kappa shape index (κ1) is 49.9. The summed E-state index contributed by atoms with van der Waals surface area (Å²) in [5.41, 5.74) is 0.439. The quantitative estimate of drug-likeness (QED) is 0.0392. The van der Waals surface area contributed by atoms with Crippen molar-refractivity contribution in [3.63, 3.8) is 0 Å². The summed E-state index contributed by atoms with van der Waals surface area (Å²) in [6.07, 6.45) is 0. The molecule has 0 radical (unpaired) electrons. The molecule has 0 unspecified atom stereocenters. The van der Waals surface area contributed by atoms with Crippen LogP contribution in [0.15, 0.2) is 46.4 Å². The van der Waals surface area contributed by atoms with Gasteiger partial charge in [0.1, 0.15) is 34.9 Å². The fourth-order valence-electron chi connectivity index (χ4n) is 8.12. The molecule has 0 aromatic heterocycles. The zero-order chi connectivity index (χ0) is 48.2. The number of nitrogens with zero attached hydrogens (tertiary/aromatic N) is 2. The lowest BCUT2D eigenvalue weighted by atomic mass is 9.92. The Bertz CT molecular complexity index is 2430. The molecule has 0 N–H and O–H groups in total. The number of benzene rings is 5. The summed E-state index contributed by atoms with van der Waals surface area (Å²) in [4.78, 5) is 9.40. The van der Waals surface area contributed by atoms with Crippen molar-refractivity contribution in [3.8, 4) is 0 Å². The Morgan fingerprint density at radius 2 is 0.594 bits per heavy atom. The highest BCUT2D eigenvalue weighted by molar-refractivity contribution is 7.13. The predicted octanol–water partition coefficient (Wildman–Crippen LogP) is 13.3. The van der Waals surface area contributed by atoms with E-state index in [-0.39, 0.29) is 23.2 Å². The van der Waals surface area contributed by atoms with Gasteiger partial charge in [0.15, 0.2) is 52.4 Å². The van der Waals surface area contributed by atoms with Gasteiger partial charge in [0.05, 0.1) is 17.1 Å². The monoisotopic (exact) mass is 931 g/mol. The third kappa shape index (κ3) is 8.36. The maximum atomic E-state index is 16.6. The van der Waals surface area contributed by atoms with Crippen molar-refractivity contribution in [2.45, 2.75) is 91.3 Å². The third-order valence-corrected chi connectivity index (χ3v) is 16.8. The van der Waals surface area contributed by atoms with Gasteiger partial charge in [-0.15, -0.1) is 18.6 Å². The Hall–Kier alpha value is -5.08. The molecule has 5 aromatic rings. The summed E-state index contributed by atoms with van der Waals surface area (Å²) in [6, 6.07) is 9.63. The van der Waals surface area contributed by atoms with E-state index in [1.807, 2.05) is 0 Å². The smallest absolute Gasteiger partial charge is 0.255 e. The second-order valence-electron chi connectivity index (χ2n) is 16.6. The van der Waals surface area contributed by atoms with Crippen molar-refractivity contribution in [2.75, 3.05) is 0 Å². The lowest BCUT2D eigenvalue weighted by Gasteiger charge is -2.41. The molecule has 0 saturated heterocycles. The van der Waals surface area contributed by atoms with Crippen LogP contribution < -0.4 is 13.3 Å². The van der Waals surface area contributed by atoms with Gasteiger partial charge in [0.2, 0.25) is 0 Å². The zero-order valence-corrected chi connectivity index (χ0v) is 36.8. The molecule has 0 fully saturated rings.